The predicted octanol–water partition coefficient (Wildman–Crippen LogP) is 3.40. The summed E-state index contributed by atoms with van der Waals surface area (Å²) in [7, 11) is 0. The summed E-state index contributed by atoms with van der Waals surface area (Å²) < 4.78 is 5.53. The van der Waals surface area contributed by atoms with E-state index in [0.717, 1.165) is 19.8 Å². The van der Waals surface area contributed by atoms with Gasteiger partial charge in [0.05, 0.1) is 6.61 Å². The van der Waals surface area contributed by atoms with Crippen LogP contribution in [0.2, 0.25) is 0 Å². The largest absolute Gasteiger partial charge is 0.383 e. The molecule has 1 aromatic rings. The van der Waals surface area contributed by atoms with Gasteiger partial charge in [-0.1, -0.05) is 19.4 Å². The van der Waals surface area contributed by atoms with Crippen LogP contribution in [0.5, 0.6) is 0 Å². The van der Waals surface area contributed by atoms with Gasteiger partial charge in [0.2, 0.25) is 0 Å². The summed E-state index contributed by atoms with van der Waals surface area (Å²) in [5.41, 5.74) is 4.31. The third-order valence-corrected chi connectivity index (χ3v) is 3.32. The normalized spacial score (nSPS) is 13.7. The second-order valence-electron chi connectivity index (χ2n) is 4.73. The van der Waals surface area contributed by atoms with Crippen LogP contribution in [0.25, 0.3) is 0 Å². The Balaban J connectivity index is 1.69. The predicted molar refractivity (Wildman–Crippen MR) is 72.7 cm³/mol. The number of aryl methyl sites for hydroxylation is 2. The first kappa shape index (κ1) is 12.4. The molecular weight excluding hydrogens is 210 g/mol. The Morgan fingerprint density at radius 3 is 2.94 bits per heavy atom. The van der Waals surface area contributed by atoms with Crippen LogP contribution in [-0.2, 0) is 17.6 Å². The number of fused-ring (bicyclic) bond motifs is 1. The highest BCUT2D eigenvalue weighted by Gasteiger charge is 2.10. The molecule has 0 atom stereocenters. The van der Waals surface area contributed by atoms with Gasteiger partial charge in [-0.3, -0.25) is 0 Å². The summed E-state index contributed by atoms with van der Waals surface area (Å²) in [5.74, 6) is 0. The maximum absolute atomic E-state index is 5.53. The van der Waals surface area contributed by atoms with Crippen LogP contribution in [-0.4, -0.2) is 19.8 Å². The molecule has 0 aliphatic heterocycles. The van der Waals surface area contributed by atoms with Gasteiger partial charge in [-0.25, -0.2) is 0 Å². The van der Waals surface area contributed by atoms with Crippen LogP contribution in [0, 0.1) is 0 Å². The molecule has 0 amide bonds. The maximum atomic E-state index is 5.53. The van der Waals surface area contributed by atoms with Crippen molar-refractivity contribution in [1.29, 1.82) is 0 Å². The highest BCUT2D eigenvalue weighted by Crippen LogP contribution is 2.24. The Kier molecular flexibility index (Phi) is 4.87. The first-order chi connectivity index (χ1) is 8.40. The van der Waals surface area contributed by atoms with E-state index < -0.39 is 0 Å². The third kappa shape index (κ3) is 3.74. The van der Waals surface area contributed by atoms with Crippen LogP contribution < -0.4 is 5.32 Å². The number of hydrogen-bond acceptors (Lipinski definition) is 2. The molecule has 0 saturated carbocycles. The second kappa shape index (κ2) is 6.65. The van der Waals surface area contributed by atoms with Crippen LogP contribution in [0.15, 0.2) is 18.2 Å². The summed E-state index contributed by atoms with van der Waals surface area (Å²) in [6.45, 7) is 4.79. The van der Waals surface area contributed by atoms with Crippen molar-refractivity contribution in [2.24, 2.45) is 0 Å². The first-order valence-corrected chi connectivity index (χ1v) is 6.83. The van der Waals surface area contributed by atoms with Crippen molar-refractivity contribution in [1.82, 2.24) is 0 Å². The lowest BCUT2D eigenvalue weighted by Crippen LogP contribution is -2.10. The van der Waals surface area contributed by atoms with Crippen LogP contribution in [0.1, 0.15) is 37.3 Å². The Labute approximate surface area is 104 Å². The molecule has 1 aliphatic carbocycles. The molecule has 2 heteroatoms. The van der Waals surface area contributed by atoms with E-state index in [2.05, 4.69) is 30.4 Å². The average Bonchev–Trinajstić information content (AvgIpc) is 2.81. The molecule has 1 N–H and O–H groups in total. The van der Waals surface area contributed by atoms with Gasteiger partial charge in [0.15, 0.2) is 0 Å². The molecule has 0 fully saturated rings. The van der Waals surface area contributed by atoms with E-state index in [1.807, 2.05) is 0 Å². The first-order valence-electron chi connectivity index (χ1n) is 6.83. The number of unbranched alkanes of at least 4 members (excludes halogenated alkanes) is 1. The molecule has 2 nitrogen and oxygen atoms in total. The fraction of sp³-hybridized carbons (Fsp3) is 0.600. The number of anilines is 1. The standard InChI is InChI=1S/C15H23NO/c1-2-3-10-17-11-9-16-15-8-7-13-5-4-6-14(13)12-15/h7-8,12,16H,2-6,9-11H2,1H3. The van der Waals surface area contributed by atoms with Crippen LogP contribution in [0.3, 0.4) is 0 Å². The molecule has 0 unspecified atom stereocenters. The Hall–Kier alpha value is -1.02. The van der Waals surface area contributed by atoms with E-state index in [0.29, 0.717) is 0 Å². The van der Waals surface area contributed by atoms with E-state index >= 15 is 0 Å². The summed E-state index contributed by atoms with van der Waals surface area (Å²) in [6.07, 6.45) is 6.20. The van der Waals surface area contributed by atoms with E-state index in [-0.39, 0.29) is 0 Å². The lowest BCUT2D eigenvalue weighted by atomic mass is 10.1. The fourth-order valence-corrected chi connectivity index (χ4v) is 2.30. The molecule has 17 heavy (non-hydrogen) atoms. The summed E-state index contributed by atoms with van der Waals surface area (Å²) in [4.78, 5) is 0. The van der Waals surface area contributed by atoms with Crippen molar-refractivity contribution in [2.75, 3.05) is 25.1 Å². The second-order valence-corrected chi connectivity index (χ2v) is 4.73. The van der Waals surface area contributed by atoms with Crippen LogP contribution in [0.4, 0.5) is 5.69 Å². The lowest BCUT2D eigenvalue weighted by Gasteiger charge is -2.09. The van der Waals surface area contributed by atoms with Gasteiger partial charge >= 0.3 is 0 Å². The van der Waals surface area contributed by atoms with Crippen molar-refractivity contribution in [2.45, 2.75) is 39.0 Å². The minimum atomic E-state index is 0.803. The molecule has 0 bridgehead atoms. The summed E-state index contributed by atoms with van der Waals surface area (Å²) in [6, 6.07) is 6.76. The van der Waals surface area contributed by atoms with Crippen molar-refractivity contribution in [3.63, 3.8) is 0 Å². The number of benzene rings is 1. The van der Waals surface area contributed by atoms with Crippen molar-refractivity contribution in [3.8, 4) is 0 Å². The zero-order chi connectivity index (χ0) is 11.9. The molecule has 0 aromatic heterocycles. The molecule has 94 valence electrons. The van der Waals surface area contributed by atoms with Crippen LogP contribution >= 0.6 is 0 Å². The molecule has 1 aromatic carbocycles. The van der Waals surface area contributed by atoms with E-state index in [4.69, 9.17) is 4.74 Å². The van der Waals surface area contributed by atoms with Gasteiger partial charge < -0.3 is 10.1 Å². The molecule has 0 heterocycles. The highest BCUT2D eigenvalue weighted by atomic mass is 16.5. The molecule has 2 rings (SSSR count). The van der Waals surface area contributed by atoms with Gasteiger partial charge in [-0.2, -0.15) is 0 Å². The van der Waals surface area contributed by atoms with Crippen molar-refractivity contribution >= 4 is 5.69 Å². The van der Waals surface area contributed by atoms with E-state index in [1.165, 1.54) is 48.9 Å². The number of hydrogen-bond donors (Lipinski definition) is 1. The molecule has 0 spiro atoms. The monoisotopic (exact) mass is 233 g/mol. The topological polar surface area (TPSA) is 21.3 Å². The zero-order valence-corrected chi connectivity index (χ0v) is 10.8. The molecule has 1 aliphatic rings. The third-order valence-electron chi connectivity index (χ3n) is 3.32. The quantitative estimate of drug-likeness (QED) is 0.729. The Morgan fingerprint density at radius 2 is 2.06 bits per heavy atom. The maximum Gasteiger partial charge on any atom is 0.0639 e. The fourth-order valence-electron chi connectivity index (χ4n) is 2.30. The SMILES string of the molecule is CCCCOCCNc1ccc2c(c1)CCC2. The summed E-state index contributed by atoms with van der Waals surface area (Å²) in [5, 5.41) is 3.43. The number of rotatable bonds is 7. The summed E-state index contributed by atoms with van der Waals surface area (Å²) >= 11 is 0. The minimum absolute atomic E-state index is 0.803. The Morgan fingerprint density at radius 1 is 1.18 bits per heavy atom. The van der Waals surface area contributed by atoms with Gasteiger partial charge in [-0.05, 0) is 48.9 Å². The minimum Gasteiger partial charge on any atom is -0.383 e. The number of ether oxygens (including phenoxy) is 1. The van der Waals surface area contributed by atoms with Gasteiger partial charge in [-0.15, -0.1) is 0 Å². The van der Waals surface area contributed by atoms with Gasteiger partial charge in [0, 0.05) is 18.8 Å². The number of nitrogens with one attached hydrogen (secondary N) is 1. The van der Waals surface area contributed by atoms with Crippen molar-refractivity contribution < 1.29 is 4.74 Å². The van der Waals surface area contributed by atoms with Gasteiger partial charge in [0.1, 0.15) is 0 Å². The van der Waals surface area contributed by atoms with E-state index in [1.54, 1.807) is 0 Å². The smallest absolute Gasteiger partial charge is 0.0639 e. The average molecular weight is 233 g/mol. The van der Waals surface area contributed by atoms with Gasteiger partial charge in [0.25, 0.3) is 0 Å². The molecular formula is C15H23NO. The molecule has 0 saturated heterocycles. The Bertz CT molecular complexity index is 349. The highest BCUT2D eigenvalue weighted by molar-refractivity contribution is 5.50. The van der Waals surface area contributed by atoms with Crippen molar-refractivity contribution in [3.05, 3.63) is 29.3 Å². The molecule has 0 radical (unpaired) electrons. The lowest BCUT2D eigenvalue weighted by molar-refractivity contribution is 0.141. The zero-order valence-electron chi connectivity index (χ0n) is 10.8. The van der Waals surface area contributed by atoms with E-state index in [9.17, 15) is 0 Å².